The Hall–Kier alpha value is -1.94. The number of ether oxygens (including phenoxy) is 1. The van der Waals surface area contributed by atoms with Crippen LogP contribution in [0.2, 0.25) is 5.02 Å². The van der Waals surface area contributed by atoms with Gasteiger partial charge >= 0.3 is 0 Å². The summed E-state index contributed by atoms with van der Waals surface area (Å²) in [6, 6.07) is 10.6. The van der Waals surface area contributed by atoms with Crippen molar-refractivity contribution in [1.82, 2.24) is 5.32 Å². The van der Waals surface area contributed by atoms with Crippen molar-refractivity contribution in [3.8, 4) is 5.75 Å². The zero-order valence-electron chi connectivity index (χ0n) is 11.1. The fourth-order valence-electron chi connectivity index (χ4n) is 1.78. The van der Waals surface area contributed by atoms with Crippen molar-refractivity contribution in [2.75, 3.05) is 6.61 Å². The second-order valence-corrected chi connectivity index (χ2v) is 4.93. The van der Waals surface area contributed by atoms with Gasteiger partial charge in [-0.1, -0.05) is 11.6 Å². The summed E-state index contributed by atoms with van der Waals surface area (Å²) in [4.78, 5) is 11.7. The molecule has 0 spiro atoms. The molecule has 1 aromatic carbocycles. The third-order valence-electron chi connectivity index (χ3n) is 2.68. The average Bonchev–Trinajstić information content (AvgIpc) is 2.90. The summed E-state index contributed by atoms with van der Waals surface area (Å²) in [7, 11) is 0. The highest BCUT2D eigenvalue weighted by Gasteiger charge is 2.10. The van der Waals surface area contributed by atoms with Crippen molar-refractivity contribution < 1.29 is 13.9 Å². The Bertz CT molecular complexity index is 537. The molecule has 0 radical (unpaired) electrons. The molecule has 1 N–H and O–H groups in total. The fourth-order valence-corrected chi connectivity index (χ4v) is 1.90. The molecule has 2 rings (SSSR count). The van der Waals surface area contributed by atoms with Gasteiger partial charge in [0.05, 0.1) is 6.26 Å². The third-order valence-corrected chi connectivity index (χ3v) is 2.93. The van der Waals surface area contributed by atoms with Crippen LogP contribution in [-0.2, 0) is 11.2 Å². The summed E-state index contributed by atoms with van der Waals surface area (Å²) in [5.41, 5.74) is 0. The maximum Gasteiger partial charge on any atom is 0.258 e. The molecule has 106 valence electrons. The first-order valence-electron chi connectivity index (χ1n) is 6.33. The number of carbonyl (C=O) groups is 1. The van der Waals surface area contributed by atoms with E-state index in [1.54, 1.807) is 30.5 Å². The largest absolute Gasteiger partial charge is 0.484 e. The molecule has 0 saturated carbocycles. The number of nitrogens with one attached hydrogen (secondary N) is 1. The van der Waals surface area contributed by atoms with E-state index in [1.807, 2.05) is 19.1 Å². The molecular weight excluding hydrogens is 278 g/mol. The lowest BCUT2D eigenvalue weighted by Gasteiger charge is -2.13. The number of amides is 1. The van der Waals surface area contributed by atoms with Crippen molar-refractivity contribution in [2.24, 2.45) is 0 Å². The number of hydrogen-bond donors (Lipinski definition) is 1. The van der Waals surface area contributed by atoms with Gasteiger partial charge in [0.25, 0.3) is 5.91 Å². The Kier molecular flexibility index (Phi) is 5.07. The second kappa shape index (κ2) is 7.01. The van der Waals surface area contributed by atoms with E-state index >= 15 is 0 Å². The molecule has 1 unspecified atom stereocenters. The van der Waals surface area contributed by atoms with Gasteiger partial charge in [0.15, 0.2) is 6.61 Å². The van der Waals surface area contributed by atoms with E-state index in [0.29, 0.717) is 17.2 Å². The maximum absolute atomic E-state index is 11.7. The van der Waals surface area contributed by atoms with E-state index < -0.39 is 0 Å². The minimum absolute atomic E-state index is 0.0116. The van der Waals surface area contributed by atoms with Crippen LogP contribution in [0.5, 0.6) is 5.75 Å². The van der Waals surface area contributed by atoms with Crippen LogP contribution in [0.4, 0.5) is 0 Å². The molecule has 1 aromatic heterocycles. The van der Waals surface area contributed by atoms with E-state index in [-0.39, 0.29) is 18.6 Å². The molecule has 0 bridgehead atoms. The van der Waals surface area contributed by atoms with Gasteiger partial charge in [0, 0.05) is 17.5 Å². The molecule has 0 saturated heterocycles. The van der Waals surface area contributed by atoms with E-state index in [1.165, 1.54) is 0 Å². The molecule has 4 nitrogen and oxygen atoms in total. The van der Waals surface area contributed by atoms with E-state index in [4.69, 9.17) is 20.8 Å². The first-order valence-corrected chi connectivity index (χ1v) is 6.71. The van der Waals surface area contributed by atoms with Gasteiger partial charge in [0.2, 0.25) is 0 Å². The monoisotopic (exact) mass is 293 g/mol. The quantitative estimate of drug-likeness (QED) is 0.890. The van der Waals surface area contributed by atoms with Gasteiger partial charge in [-0.15, -0.1) is 0 Å². The Morgan fingerprint density at radius 2 is 2.10 bits per heavy atom. The molecule has 2 aromatic rings. The van der Waals surface area contributed by atoms with Crippen LogP contribution in [0.15, 0.2) is 47.1 Å². The van der Waals surface area contributed by atoms with Crippen molar-refractivity contribution in [3.63, 3.8) is 0 Å². The fraction of sp³-hybridized carbons (Fsp3) is 0.267. The summed E-state index contributed by atoms with van der Waals surface area (Å²) in [5, 5.41) is 3.48. The zero-order chi connectivity index (χ0) is 14.4. The van der Waals surface area contributed by atoms with E-state index in [0.717, 1.165) is 5.76 Å². The lowest BCUT2D eigenvalue weighted by atomic mass is 10.2. The van der Waals surface area contributed by atoms with E-state index in [2.05, 4.69) is 5.32 Å². The lowest BCUT2D eigenvalue weighted by molar-refractivity contribution is -0.123. The molecular formula is C15H16ClNO3. The molecule has 5 heteroatoms. The SMILES string of the molecule is CC(Cc1ccco1)NC(=O)COc1ccc(Cl)cc1. The summed E-state index contributed by atoms with van der Waals surface area (Å²) in [5.74, 6) is 1.29. The van der Waals surface area contributed by atoms with Crippen LogP contribution < -0.4 is 10.1 Å². The van der Waals surface area contributed by atoms with Crippen molar-refractivity contribution in [3.05, 3.63) is 53.4 Å². The summed E-state index contributed by atoms with van der Waals surface area (Å²) in [6.45, 7) is 1.90. The number of rotatable bonds is 6. The Balaban J connectivity index is 1.73. The van der Waals surface area contributed by atoms with E-state index in [9.17, 15) is 4.79 Å². The minimum Gasteiger partial charge on any atom is -0.484 e. The van der Waals surface area contributed by atoms with Gasteiger partial charge in [-0.05, 0) is 43.3 Å². The number of hydrogen-bond acceptors (Lipinski definition) is 3. The number of halogens is 1. The maximum atomic E-state index is 11.7. The highest BCUT2D eigenvalue weighted by Crippen LogP contribution is 2.15. The predicted octanol–water partition coefficient (Wildman–Crippen LogP) is 3.06. The van der Waals surface area contributed by atoms with Gasteiger partial charge in [-0.25, -0.2) is 0 Å². The number of benzene rings is 1. The van der Waals surface area contributed by atoms with Gasteiger partial charge < -0.3 is 14.5 Å². The first-order chi connectivity index (χ1) is 9.63. The van der Waals surface area contributed by atoms with Gasteiger partial charge in [-0.3, -0.25) is 4.79 Å². The van der Waals surface area contributed by atoms with Crippen molar-refractivity contribution >= 4 is 17.5 Å². The van der Waals surface area contributed by atoms with Crippen LogP contribution in [0, 0.1) is 0 Å². The molecule has 0 aliphatic rings. The molecule has 1 atom stereocenters. The van der Waals surface area contributed by atoms with Crippen molar-refractivity contribution in [2.45, 2.75) is 19.4 Å². The van der Waals surface area contributed by atoms with Crippen LogP contribution in [0.3, 0.4) is 0 Å². The summed E-state index contributed by atoms with van der Waals surface area (Å²) >= 11 is 5.77. The predicted molar refractivity (Wildman–Crippen MR) is 77.0 cm³/mol. The minimum atomic E-state index is -0.168. The molecule has 1 heterocycles. The van der Waals surface area contributed by atoms with Crippen LogP contribution in [-0.4, -0.2) is 18.6 Å². The normalized spacial score (nSPS) is 11.9. The van der Waals surface area contributed by atoms with Crippen LogP contribution in [0.25, 0.3) is 0 Å². The van der Waals surface area contributed by atoms with Crippen LogP contribution in [0.1, 0.15) is 12.7 Å². The lowest BCUT2D eigenvalue weighted by Crippen LogP contribution is -2.37. The topological polar surface area (TPSA) is 51.5 Å². The van der Waals surface area contributed by atoms with Gasteiger partial charge in [0.1, 0.15) is 11.5 Å². The third kappa shape index (κ3) is 4.63. The first kappa shape index (κ1) is 14.5. The highest BCUT2D eigenvalue weighted by atomic mass is 35.5. The summed E-state index contributed by atoms with van der Waals surface area (Å²) in [6.07, 6.45) is 2.27. The second-order valence-electron chi connectivity index (χ2n) is 4.49. The Labute approximate surface area is 122 Å². The Morgan fingerprint density at radius 3 is 2.75 bits per heavy atom. The Morgan fingerprint density at radius 1 is 1.35 bits per heavy atom. The van der Waals surface area contributed by atoms with Gasteiger partial charge in [-0.2, -0.15) is 0 Å². The molecule has 0 aliphatic heterocycles. The average molecular weight is 294 g/mol. The molecule has 0 aliphatic carbocycles. The number of furan rings is 1. The molecule has 20 heavy (non-hydrogen) atoms. The molecule has 0 fully saturated rings. The zero-order valence-corrected chi connectivity index (χ0v) is 11.9. The highest BCUT2D eigenvalue weighted by molar-refractivity contribution is 6.30. The van der Waals surface area contributed by atoms with Crippen molar-refractivity contribution in [1.29, 1.82) is 0 Å². The smallest absolute Gasteiger partial charge is 0.258 e. The number of carbonyl (C=O) groups excluding carboxylic acids is 1. The summed E-state index contributed by atoms with van der Waals surface area (Å²) < 4.78 is 10.6. The molecule has 1 amide bonds. The standard InChI is InChI=1S/C15H16ClNO3/c1-11(9-14-3-2-8-19-14)17-15(18)10-20-13-6-4-12(16)5-7-13/h2-8,11H,9-10H2,1H3,(H,17,18). The van der Waals surface area contributed by atoms with Crippen LogP contribution >= 0.6 is 11.6 Å².